The Labute approximate surface area is 110 Å². The molecule has 1 fully saturated rings. The minimum absolute atomic E-state index is 0. The SMILES string of the molecule is CN1C(c2cccnc2)CCC1(C)C.Cl.Cl. The molecule has 0 saturated carbocycles. The Balaban J connectivity index is 0.00000112. The Hall–Kier alpha value is -0.310. The summed E-state index contributed by atoms with van der Waals surface area (Å²) in [6.07, 6.45) is 6.34. The first-order chi connectivity index (χ1) is 6.61. The summed E-state index contributed by atoms with van der Waals surface area (Å²) in [5.74, 6) is 0. The van der Waals surface area contributed by atoms with Gasteiger partial charge in [-0.1, -0.05) is 6.07 Å². The molecule has 0 radical (unpaired) electrons. The van der Waals surface area contributed by atoms with Crippen molar-refractivity contribution in [1.29, 1.82) is 0 Å². The predicted molar refractivity (Wildman–Crippen MR) is 72.6 cm³/mol. The van der Waals surface area contributed by atoms with Crippen LogP contribution in [0.3, 0.4) is 0 Å². The molecule has 1 aliphatic heterocycles. The predicted octanol–water partition coefficient (Wildman–Crippen LogP) is 3.47. The second kappa shape index (κ2) is 5.85. The lowest BCUT2D eigenvalue weighted by Crippen LogP contribution is -2.36. The topological polar surface area (TPSA) is 16.1 Å². The fourth-order valence-electron chi connectivity index (χ4n) is 2.25. The van der Waals surface area contributed by atoms with Crippen LogP contribution in [0.4, 0.5) is 0 Å². The van der Waals surface area contributed by atoms with Gasteiger partial charge in [0.2, 0.25) is 0 Å². The summed E-state index contributed by atoms with van der Waals surface area (Å²) in [6.45, 7) is 4.62. The number of aromatic nitrogens is 1. The molecular formula is C12H20Cl2N2. The van der Waals surface area contributed by atoms with E-state index in [4.69, 9.17) is 0 Å². The van der Waals surface area contributed by atoms with Gasteiger partial charge in [0.1, 0.15) is 0 Å². The summed E-state index contributed by atoms with van der Waals surface area (Å²) in [4.78, 5) is 6.65. The van der Waals surface area contributed by atoms with Crippen LogP contribution in [0, 0.1) is 0 Å². The Morgan fingerprint density at radius 2 is 2.06 bits per heavy atom. The van der Waals surface area contributed by atoms with Gasteiger partial charge in [0.25, 0.3) is 0 Å². The average Bonchev–Trinajstić information content (AvgIpc) is 2.44. The van der Waals surface area contributed by atoms with Gasteiger partial charge in [0.15, 0.2) is 0 Å². The molecule has 0 N–H and O–H groups in total. The molecule has 1 atom stereocenters. The van der Waals surface area contributed by atoms with Gasteiger partial charge < -0.3 is 0 Å². The Kier molecular flexibility index (Phi) is 5.74. The molecule has 0 aromatic carbocycles. The zero-order valence-electron chi connectivity index (χ0n) is 10.0. The molecule has 0 bridgehead atoms. The van der Waals surface area contributed by atoms with Crippen LogP contribution in [0.5, 0.6) is 0 Å². The lowest BCUT2D eigenvalue weighted by molar-refractivity contribution is 0.169. The first-order valence-corrected chi connectivity index (χ1v) is 5.24. The van der Waals surface area contributed by atoms with E-state index in [0.29, 0.717) is 11.6 Å². The van der Waals surface area contributed by atoms with E-state index in [1.807, 2.05) is 18.5 Å². The summed E-state index contributed by atoms with van der Waals surface area (Å²) in [5, 5.41) is 0. The highest BCUT2D eigenvalue weighted by atomic mass is 35.5. The van der Waals surface area contributed by atoms with Gasteiger partial charge in [-0.3, -0.25) is 9.88 Å². The van der Waals surface area contributed by atoms with Crippen LogP contribution in [-0.4, -0.2) is 22.5 Å². The van der Waals surface area contributed by atoms with Crippen LogP contribution < -0.4 is 0 Å². The number of rotatable bonds is 1. The van der Waals surface area contributed by atoms with Crippen molar-refractivity contribution in [1.82, 2.24) is 9.88 Å². The van der Waals surface area contributed by atoms with Gasteiger partial charge in [0.05, 0.1) is 0 Å². The van der Waals surface area contributed by atoms with E-state index in [0.717, 1.165) is 0 Å². The molecule has 16 heavy (non-hydrogen) atoms. The van der Waals surface area contributed by atoms with E-state index >= 15 is 0 Å². The van der Waals surface area contributed by atoms with Crippen molar-refractivity contribution < 1.29 is 0 Å². The summed E-state index contributed by atoms with van der Waals surface area (Å²) in [6, 6.07) is 4.75. The van der Waals surface area contributed by atoms with Gasteiger partial charge >= 0.3 is 0 Å². The molecular weight excluding hydrogens is 243 g/mol. The summed E-state index contributed by atoms with van der Waals surface area (Å²) in [5.41, 5.74) is 1.68. The third kappa shape index (κ3) is 2.88. The fraction of sp³-hybridized carbons (Fsp3) is 0.583. The van der Waals surface area contributed by atoms with Gasteiger partial charge in [-0.15, -0.1) is 24.8 Å². The number of hydrogen-bond donors (Lipinski definition) is 0. The van der Waals surface area contributed by atoms with E-state index < -0.39 is 0 Å². The van der Waals surface area contributed by atoms with E-state index in [1.54, 1.807) is 0 Å². The molecule has 1 aromatic heterocycles. The maximum Gasteiger partial charge on any atom is 0.0366 e. The average molecular weight is 263 g/mol. The van der Waals surface area contributed by atoms with Crippen molar-refractivity contribution in [3.8, 4) is 0 Å². The van der Waals surface area contributed by atoms with Gasteiger partial charge in [-0.25, -0.2) is 0 Å². The molecule has 2 nitrogen and oxygen atoms in total. The third-order valence-electron chi connectivity index (χ3n) is 3.52. The Morgan fingerprint density at radius 1 is 1.38 bits per heavy atom. The van der Waals surface area contributed by atoms with Crippen molar-refractivity contribution in [3.05, 3.63) is 30.1 Å². The maximum atomic E-state index is 4.18. The molecule has 92 valence electrons. The second-order valence-corrected chi connectivity index (χ2v) is 4.76. The quantitative estimate of drug-likeness (QED) is 0.771. The van der Waals surface area contributed by atoms with E-state index in [2.05, 4.69) is 36.8 Å². The molecule has 2 rings (SSSR count). The largest absolute Gasteiger partial charge is 0.294 e. The van der Waals surface area contributed by atoms with Crippen molar-refractivity contribution >= 4 is 24.8 Å². The van der Waals surface area contributed by atoms with E-state index in [-0.39, 0.29) is 24.8 Å². The molecule has 0 amide bonds. The number of pyridine rings is 1. The van der Waals surface area contributed by atoms with Gasteiger partial charge in [-0.05, 0) is 45.4 Å². The van der Waals surface area contributed by atoms with Crippen LogP contribution in [0.25, 0.3) is 0 Å². The molecule has 0 aliphatic carbocycles. The molecule has 2 heterocycles. The van der Waals surface area contributed by atoms with E-state index in [9.17, 15) is 0 Å². The maximum absolute atomic E-state index is 4.18. The fourth-order valence-corrected chi connectivity index (χ4v) is 2.25. The highest BCUT2D eigenvalue weighted by Crippen LogP contribution is 2.40. The van der Waals surface area contributed by atoms with Crippen molar-refractivity contribution in [2.75, 3.05) is 7.05 Å². The van der Waals surface area contributed by atoms with Crippen LogP contribution in [0.2, 0.25) is 0 Å². The molecule has 4 heteroatoms. The van der Waals surface area contributed by atoms with Crippen molar-refractivity contribution in [2.45, 2.75) is 38.3 Å². The molecule has 1 saturated heterocycles. The monoisotopic (exact) mass is 262 g/mol. The van der Waals surface area contributed by atoms with Crippen LogP contribution >= 0.6 is 24.8 Å². The van der Waals surface area contributed by atoms with Crippen LogP contribution in [-0.2, 0) is 0 Å². The van der Waals surface area contributed by atoms with E-state index in [1.165, 1.54) is 18.4 Å². The van der Waals surface area contributed by atoms with Crippen molar-refractivity contribution in [3.63, 3.8) is 0 Å². The first-order valence-electron chi connectivity index (χ1n) is 5.24. The smallest absolute Gasteiger partial charge is 0.0366 e. The lowest BCUT2D eigenvalue weighted by Gasteiger charge is -2.31. The minimum atomic E-state index is 0. The first kappa shape index (κ1) is 15.7. The Morgan fingerprint density at radius 3 is 2.50 bits per heavy atom. The summed E-state index contributed by atoms with van der Waals surface area (Å²) < 4.78 is 0. The zero-order valence-corrected chi connectivity index (χ0v) is 11.6. The standard InChI is InChI=1S/C12H18N2.2ClH/c1-12(2)7-6-11(14(12)3)10-5-4-8-13-9-10;;/h4-5,8-9,11H,6-7H2,1-3H3;2*1H. The summed E-state index contributed by atoms with van der Waals surface area (Å²) >= 11 is 0. The van der Waals surface area contributed by atoms with Gasteiger partial charge in [-0.2, -0.15) is 0 Å². The second-order valence-electron chi connectivity index (χ2n) is 4.76. The highest BCUT2D eigenvalue weighted by molar-refractivity contribution is 5.85. The molecule has 1 unspecified atom stereocenters. The molecule has 1 aromatic rings. The summed E-state index contributed by atoms with van der Waals surface area (Å²) in [7, 11) is 2.21. The zero-order chi connectivity index (χ0) is 10.2. The van der Waals surface area contributed by atoms with Crippen LogP contribution in [0.1, 0.15) is 38.3 Å². The normalized spacial score (nSPS) is 23.3. The number of nitrogens with zero attached hydrogens (tertiary/aromatic N) is 2. The van der Waals surface area contributed by atoms with Crippen molar-refractivity contribution in [2.24, 2.45) is 0 Å². The number of hydrogen-bond acceptors (Lipinski definition) is 2. The third-order valence-corrected chi connectivity index (χ3v) is 3.52. The number of likely N-dealkylation sites (tertiary alicyclic amines) is 1. The Bertz CT molecular complexity index is 314. The molecule has 1 aliphatic rings. The lowest BCUT2D eigenvalue weighted by atomic mass is 10.0. The number of halogens is 2. The van der Waals surface area contributed by atoms with Crippen LogP contribution in [0.15, 0.2) is 24.5 Å². The minimum Gasteiger partial charge on any atom is -0.294 e. The van der Waals surface area contributed by atoms with Gasteiger partial charge in [0, 0.05) is 24.0 Å². The highest BCUT2D eigenvalue weighted by Gasteiger charge is 2.36. The molecule has 0 spiro atoms.